The lowest BCUT2D eigenvalue weighted by Gasteiger charge is -2.32. The molecular formula is C22H26ClFN4O2. The van der Waals surface area contributed by atoms with E-state index in [-0.39, 0.29) is 17.1 Å². The number of carbonyl (C=O) groups excluding carboxylic acids is 2. The molecule has 3 rings (SSSR count). The second kappa shape index (κ2) is 10.5. The maximum absolute atomic E-state index is 13.8. The summed E-state index contributed by atoms with van der Waals surface area (Å²) in [5.41, 5.74) is 1.58. The molecule has 2 amide bonds. The van der Waals surface area contributed by atoms with Crippen molar-refractivity contribution < 1.29 is 14.0 Å². The van der Waals surface area contributed by atoms with Gasteiger partial charge in [0.05, 0.1) is 17.1 Å². The molecule has 8 heteroatoms. The zero-order valence-electron chi connectivity index (χ0n) is 17.0. The lowest BCUT2D eigenvalue weighted by atomic mass is 10.1. The van der Waals surface area contributed by atoms with E-state index in [4.69, 9.17) is 11.6 Å². The minimum atomic E-state index is -0.729. The maximum atomic E-state index is 13.8. The average Bonchev–Trinajstić information content (AvgIpc) is 2.73. The molecule has 2 aromatic rings. The van der Waals surface area contributed by atoms with Crippen LogP contribution in [0.4, 0.5) is 10.1 Å². The minimum absolute atomic E-state index is 0.0000653. The van der Waals surface area contributed by atoms with Gasteiger partial charge in [-0.05, 0) is 43.3 Å². The zero-order valence-corrected chi connectivity index (χ0v) is 17.7. The van der Waals surface area contributed by atoms with E-state index >= 15 is 0 Å². The Hall–Kier alpha value is -2.48. The Balaban J connectivity index is 1.43. The quantitative estimate of drug-likeness (QED) is 0.706. The summed E-state index contributed by atoms with van der Waals surface area (Å²) >= 11 is 5.86. The zero-order chi connectivity index (χ0) is 21.5. The predicted octanol–water partition coefficient (Wildman–Crippen LogP) is 2.64. The Bertz CT molecular complexity index is 863. The number of anilines is 1. The van der Waals surface area contributed by atoms with Gasteiger partial charge in [0.2, 0.25) is 5.91 Å². The fraction of sp³-hybridized carbons (Fsp3) is 0.364. The molecule has 0 saturated carbocycles. The van der Waals surface area contributed by atoms with E-state index in [0.717, 1.165) is 45.2 Å². The number of amides is 2. The molecule has 160 valence electrons. The summed E-state index contributed by atoms with van der Waals surface area (Å²) in [6, 6.07) is 11.6. The summed E-state index contributed by atoms with van der Waals surface area (Å²) in [5.74, 6) is -1.86. The summed E-state index contributed by atoms with van der Waals surface area (Å²) in [6.45, 7) is 5.12. The van der Waals surface area contributed by atoms with Crippen molar-refractivity contribution in [3.63, 3.8) is 0 Å². The van der Waals surface area contributed by atoms with E-state index in [1.807, 2.05) is 24.3 Å². The van der Waals surface area contributed by atoms with Crippen molar-refractivity contribution in [1.29, 1.82) is 0 Å². The van der Waals surface area contributed by atoms with Crippen LogP contribution in [-0.4, -0.2) is 67.9 Å². The van der Waals surface area contributed by atoms with Gasteiger partial charge in [-0.2, -0.15) is 0 Å². The van der Waals surface area contributed by atoms with Crippen molar-refractivity contribution in [2.24, 2.45) is 0 Å². The number of nitrogens with one attached hydrogen (secondary N) is 2. The van der Waals surface area contributed by atoms with Crippen LogP contribution in [0.15, 0.2) is 42.5 Å². The SMILES string of the molecule is CN1CCN(CCc2ccc(NC(=O)CNC(=O)c3c(F)cccc3Cl)cc2)CC1. The topological polar surface area (TPSA) is 64.7 Å². The standard InChI is InChI=1S/C22H26ClFN4O2/c1-27-11-13-28(14-12-27)10-9-16-5-7-17(8-6-16)26-20(29)15-25-22(30)21-18(23)3-2-4-19(21)24/h2-8H,9-15H2,1H3,(H,25,30)(H,26,29). The number of benzene rings is 2. The molecule has 2 N–H and O–H groups in total. The largest absolute Gasteiger partial charge is 0.343 e. The van der Waals surface area contributed by atoms with Gasteiger partial charge in [0.15, 0.2) is 0 Å². The third kappa shape index (κ3) is 6.26. The van der Waals surface area contributed by atoms with Gasteiger partial charge in [0, 0.05) is 38.4 Å². The Morgan fingerprint density at radius 3 is 2.43 bits per heavy atom. The third-order valence-electron chi connectivity index (χ3n) is 5.15. The van der Waals surface area contributed by atoms with Gasteiger partial charge in [-0.15, -0.1) is 0 Å². The molecule has 0 spiro atoms. The first-order valence-corrected chi connectivity index (χ1v) is 10.3. The molecule has 0 bridgehead atoms. The fourth-order valence-corrected chi connectivity index (χ4v) is 3.53. The number of likely N-dealkylation sites (N-methyl/N-ethyl adjacent to an activating group) is 1. The molecule has 1 aliphatic heterocycles. The summed E-state index contributed by atoms with van der Waals surface area (Å²) in [4.78, 5) is 29.0. The number of nitrogens with zero attached hydrogens (tertiary/aromatic N) is 2. The van der Waals surface area contributed by atoms with Gasteiger partial charge in [0.1, 0.15) is 5.82 Å². The summed E-state index contributed by atoms with van der Waals surface area (Å²) < 4.78 is 13.8. The van der Waals surface area contributed by atoms with E-state index in [9.17, 15) is 14.0 Å². The fourth-order valence-electron chi connectivity index (χ4n) is 3.28. The third-order valence-corrected chi connectivity index (χ3v) is 5.46. The summed E-state index contributed by atoms with van der Waals surface area (Å²) in [6.07, 6.45) is 0.956. The van der Waals surface area contributed by atoms with Crippen molar-refractivity contribution in [3.05, 3.63) is 64.4 Å². The Labute approximate surface area is 181 Å². The molecule has 1 fully saturated rings. The van der Waals surface area contributed by atoms with Crippen molar-refractivity contribution in [3.8, 4) is 0 Å². The van der Waals surface area contributed by atoms with Crippen LogP contribution in [0.25, 0.3) is 0 Å². The van der Waals surface area contributed by atoms with E-state index in [0.29, 0.717) is 5.69 Å². The Kier molecular flexibility index (Phi) is 7.79. The van der Waals surface area contributed by atoms with E-state index in [1.54, 1.807) is 0 Å². The Morgan fingerprint density at radius 2 is 1.77 bits per heavy atom. The molecule has 6 nitrogen and oxygen atoms in total. The number of hydrogen-bond acceptors (Lipinski definition) is 4. The lowest BCUT2D eigenvalue weighted by molar-refractivity contribution is -0.115. The van der Waals surface area contributed by atoms with Crippen LogP contribution in [0.5, 0.6) is 0 Å². The molecule has 0 aliphatic carbocycles. The number of rotatable bonds is 7. The van der Waals surface area contributed by atoms with Gasteiger partial charge < -0.3 is 20.4 Å². The van der Waals surface area contributed by atoms with Crippen LogP contribution in [0, 0.1) is 5.82 Å². The van der Waals surface area contributed by atoms with Crippen molar-refractivity contribution >= 4 is 29.1 Å². The first-order chi connectivity index (χ1) is 14.4. The van der Waals surface area contributed by atoms with Crippen LogP contribution < -0.4 is 10.6 Å². The summed E-state index contributed by atoms with van der Waals surface area (Å²) in [5, 5.41) is 5.11. The van der Waals surface area contributed by atoms with E-state index in [2.05, 4.69) is 27.5 Å². The molecule has 1 heterocycles. The predicted molar refractivity (Wildman–Crippen MR) is 116 cm³/mol. The van der Waals surface area contributed by atoms with E-state index in [1.165, 1.54) is 17.7 Å². The number of carbonyl (C=O) groups is 2. The second-order valence-electron chi connectivity index (χ2n) is 7.42. The van der Waals surface area contributed by atoms with Crippen LogP contribution >= 0.6 is 11.6 Å². The first-order valence-electron chi connectivity index (χ1n) is 9.94. The van der Waals surface area contributed by atoms with Gasteiger partial charge >= 0.3 is 0 Å². The molecule has 0 aromatic heterocycles. The molecule has 1 aliphatic rings. The molecule has 0 atom stereocenters. The smallest absolute Gasteiger partial charge is 0.256 e. The summed E-state index contributed by atoms with van der Waals surface area (Å²) in [7, 11) is 2.14. The van der Waals surface area contributed by atoms with Crippen molar-refractivity contribution in [2.75, 3.05) is 51.6 Å². The van der Waals surface area contributed by atoms with Crippen LogP contribution in [0.3, 0.4) is 0 Å². The monoisotopic (exact) mass is 432 g/mol. The van der Waals surface area contributed by atoms with Crippen LogP contribution in [0.2, 0.25) is 5.02 Å². The van der Waals surface area contributed by atoms with E-state index < -0.39 is 17.6 Å². The highest BCUT2D eigenvalue weighted by Gasteiger charge is 2.16. The normalized spacial score (nSPS) is 15.0. The highest BCUT2D eigenvalue weighted by molar-refractivity contribution is 6.33. The lowest BCUT2D eigenvalue weighted by Crippen LogP contribution is -2.45. The molecule has 1 saturated heterocycles. The Morgan fingerprint density at radius 1 is 1.07 bits per heavy atom. The first kappa shape index (κ1) is 22.2. The van der Waals surface area contributed by atoms with Gasteiger partial charge in [-0.25, -0.2) is 4.39 Å². The second-order valence-corrected chi connectivity index (χ2v) is 7.83. The highest BCUT2D eigenvalue weighted by Crippen LogP contribution is 2.18. The number of hydrogen-bond donors (Lipinski definition) is 2. The number of piperazine rings is 1. The maximum Gasteiger partial charge on any atom is 0.256 e. The molecule has 30 heavy (non-hydrogen) atoms. The minimum Gasteiger partial charge on any atom is -0.343 e. The molecule has 0 unspecified atom stereocenters. The van der Waals surface area contributed by atoms with Crippen molar-refractivity contribution in [2.45, 2.75) is 6.42 Å². The molecule has 2 aromatic carbocycles. The highest BCUT2D eigenvalue weighted by atomic mass is 35.5. The average molecular weight is 433 g/mol. The van der Waals surface area contributed by atoms with Crippen LogP contribution in [0.1, 0.15) is 15.9 Å². The van der Waals surface area contributed by atoms with Gasteiger partial charge in [-0.3, -0.25) is 9.59 Å². The number of halogens is 2. The van der Waals surface area contributed by atoms with Gasteiger partial charge in [-0.1, -0.05) is 29.8 Å². The van der Waals surface area contributed by atoms with Gasteiger partial charge in [0.25, 0.3) is 5.91 Å². The molecule has 0 radical (unpaired) electrons. The van der Waals surface area contributed by atoms with Crippen molar-refractivity contribution in [1.82, 2.24) is 15.1 Å². The molecular weight excluding hydrogens is 407 g/mol. The van der Waals surface area contributed by atoms with Crippen LogP contribution in [-0.2, 0) is 11.2 Å².